The number of halogens is 1. The molecule has 1 aromatic carbocycles. The fraction of sp³-hybridized carbons (Fsp3) is 0.533. The second-order valence-corrected chi connectivity index (χ2v) is 5.07. The molecule has 124 valence electrons. The van der Waals surface area contributed by atoms with Gasteiger partial charge in [0, 0.05) is 25.2 Å². The predicted molar refractivity (Wildman–Crippen MR) is 87.1 cm³/mol. The number of ether oxygens (including phenoxy) is 3. The van der Waals surface area contributed by atoms with Gasteiger partial charge in [-0.3, -0.25) is 4.79 Å². The van der Waals surface area contributed by atoms with Gasteiger partial charge in [-0.05, 0) is 19.9 Å². The van der Waals surface area contributed by atoms with Crippen molar-refractivity contribution in [1.82, 2.24) is 0 Å². The average Bonchev–Trinajstić information content (AvgIpc) is 2.78. The average molecular weight is 331 g/mol. The Morgan fingerprint density at radius 2 is 2.27 bits per heavy atom. The van der Waals surface area contributed by atoms with Crippen LogP contribution in [0.3, 0.4) is 0 Å². The van der Waals surface area contributed by atoms with Crippen LogP contribution in [0.4, 0.5) is 5.69 Å². The second kappa shape index (κ2) is 8.22. The summed E-state index contributed by atoms with van der Waals surface area (Å²) in [5, 5.41) is 2.78. The van der Waals surface area contributed by atoms with Gasteiger partial charge in [0.1, 0.15) is 23.6 Å². The number of nitrogens with one attached hydrogen (secondary N) is 1. The maximum Gasteiger partial charge on any atom is 0.243 e. The van der Waals surface area contributed by atoms with E-state index in [-0.39, 0.29) is 31.0 Å². The molecule has 0 aliphatic carbocycles. The predicted octanol–water partition coefficient (Wildman–Crippen LogP) is 1.74. The highest BCUT2D eigenvalue weighted by atomic mass is 35.5. The molecule has 1 amide bonds. The van der Waals surface area contributed by atoms with E-state index in [0.717, 1.165) is 17.7 Å². The molecule has 2 atom stereocenters. The molecular formula is C15H23ClN2O4. The van der Waals surface area contributed by atoms with E-state index >= 15 is 0 Å². The first kappa shape index (κ1) is 18.5. The van der Waals surface area contributed by atoms with Gasteiger partial charge in [0.2, 0.25) is 5.91 Å². The van der Waals surface area contributed by atoms with Crippen molar-refractivity contribution >= 4 is 24.0 Å². The highest BCUT2D eigenvalue weighted by Crippen LogP contribution is 2.38. The summed E-state index contributed by atoms with van der Waals surface area (Å²) in [5.74, 6) is 1.09. The highest BCUT2D eigenvalue weighted by molar-refractivity contribution is 5.96. The number of carbonyl (C=O) groups is 1. The Labute approximate surface area is 136 Å². The smallest absolute Gasteiger partial charge is 0.243 e. The molecule has 0 aromatic heterocycles. The molecule has 0 saturated carbocycles. The van der Waals surface area contributed by atoms with E-state index in [1.165, 1.54) is 7.11 Å². The van der Waals surface area contributed by atoms with Gasteiger partial charge in [0.05, 0.1) is 18.9 Å². The molecule has 0 fully saturated rings. The first-order chi connectivity index (χ1) is 10.0. The summed E-state index contributed by atoms with van der Waals surface area (Å²) in [5.41, 5.74) is 7.38. The standard InChI is InChI=1S/C15H22N2O4.ClH/c1-4-20-14-6-10-5-9(2)21-13(10)7-12(14)17-15(18)11(16)8-19-3;/h6-7,9,11H,4-5,8,16H2,1-3H3,(H,17,18);1H. The van der Waals surface area contributed by atoms with Crippen molar-refractivity contribution in [2.75, 3.05) is 25.6 Å². The van der Waals surface area contributed by atoms with Gasteiger partial charge in [-0.1, -0.05) is 0 Å². The van der Waals surface area contributed by atoms with Gasteiger partial charge in [-0.2, -0.15) is 0 Å². The number of fused-ring (bicyclic) bond motifs is 1. The molecule has 22 heavy (non-hydrogen) atoms. The number of benzene rings is 1. The maximum absolute atomic E-state index is 12.0. The number of methoxy groups -OCH3 is 1. The third-order valence-corrected chi connectivity index (χ3v) is 3.24. The van der Waals surface area contributed by atoms with Crippen molar-refractivity contribution in [3.8, 4) is 11.5 Å². The lowest BCUT2D eigenvalue weighted by Crippen LogP contribution is -2.39. The summed E-state index contributed by atoms with van der Waals surface area (Å²) in [6.07, 6.45) is 0.975. The first-order valence-corrected chi connectivity index (χ1v) is 7.06. The van der Waals surface area contributed by atoms with Crippen molar-refractivity contribution in [2.24, 2.45) is 5.73 Å². The molecule has 1 aliphatic rings. The Morgan fingerprint density at radius 3 is 2.91 bits per heavy atom. The lowest BCUT2D eigenvalue weighted by Gasteiger charge is -2.16. The summed E-state index contributed by atoms with van der Waals surface area (Å²) < 4.78 is 16.2. The van der Waals surface area contributed by atoms with Crippen LogP contribution in [-0.4, -0.2) is 38.4 Å². The van der Waals surface area contributed by atoms with Crippen LogP contribution in [0.25, 0.3) is 0 Å². The third-order valence-electron chi connectivity index (χ3n) is 3.24. The summed E-state index contributed by atoms with van der Waals surface area (Å²) >= 11 is 0. The zero-order chi connectivity index (χ0) is 15.4. The Hall–Kier alpha value is -1.50. The summed E-state index contributed by atoms with van der Waals surface area (Å²) in [6, 6.07) is 2.98. The summed E-state index contributed by atoms with van der Waals surface area (Å²) in [7, 11) is 1.50. The molecule has 1 heterocycles. The van der Waals surface area contributed by atoms with E-state index in [9.17, 15) is 4.79 Å². The highest BCUT2D eigenvalue weighted by Gasteiger charge is 2.23. The van der Waals surface area contributed by atoms with E-state index in [1.807, 2.05) is 19.9 Å². The first-order valence-electron chi connectivity index (χ1n) is 7.06. The molecule has 6 nitrogen and oxygen atoms in total. The van der Waals surface area contributed by atoms with Gasteiger partial charge in [0.15, 0.2) is 0 Å². The molecule has 7 heteroatoms. The van der Waals surface area contributed by atoms with Crippen molar-refractivity contribution in [1.29, 1.82) is 0 Å². The van der Waals surface area contributed by atoms with Crippen molar-refractivity contribution in [3.63, 3.8) is 0 Å². The summed E-state index contributed by atoms with van der Waals surface area (Å²) in [4.78, 5) is 12.0. The van der Waals surface area contributed by atoms with Crippen LogP contribution in [0.1, 0.15) is 19.4 Å². The normalized spacial score (nSPS) is 17.0. The molecule has 2 unspecified atom stereocenters. The number of carbonyl (C=O) groups excluding carboxylic acids is 1. The molecular weight excluding hydrogens is 308 g/mol. The van der Waals surface area contributed by atoms with E-state index in [0.29, 0.717) is 18.0 Å². The molecule has 0 bridgehead atoms. The fourth-order valence-electron chi connectivity index (χ4n) is 2.29. The molecule has 0 saturated heterocycles. The number of nitrogens with two attached hydrogens (primary N) is 1. The Bertz CT molecular complexity index is 525. The SMILES string of the molecule is CCOc1cc2c(cc1NC(=O)C(N)COC)OC(C)C2.Cl. The van der Waals surface area contributed by atoms with E-state index < -0.39 is 6.04 Å². The zero-order valence-electron chi connectivity index (χ0n) is 13.0. The largest absolute Gasteiger partial charge is 0.492 e. The maximum atomic E-state index is 12.0. The topological polar surface area (TPSA) is 82.8 Å². The quantitative estimate of drug-likeness (QED) is 0.830. The lowest BCUT2D eigenvalue weighted by molar-refractivity contribution is -0.118. The minimum Gasteiger partial charge on any atom is -0.492 e. The van der Waals surface area contributed by atoms with Gasteiger partial charge in [-0.25, -0.2) is 0 Å². The Balaban J connectivity index is 0.00000242. The third kappa shape index (κ3) is 4.25. The molecule has 0 spiro atoms. The molecule has 3 N–H and O–H groups in total. The minimum absolute atomic E-state index is 0. The van der Waals surface area contributed by atoms with Crippen molar-refractivity contribution in [2.45, 2.75) is 32.4 Å². The Morgan fingerprint density at radius 1 is 1.55 bits per heavy atom. The van der Waals surface area contributed by atoms with Crippen LogP contribution in [-0.2, 0) is 16.0 Å². The van der Waals surface area contributed by atoms with Gasteiger partial charge in [0.25, 0.3) is 0 Å². The lowest BCUT2D eigenvalue weighted by atomic mass is 10.1. The van der Waals surface area contributed by atoms with E-state index in [1.54, 1.807) is 6.07 Å². The van der Waals surface area contributed by atoms with Crippen molar-refractivity contribution < 1.29 is 19.0 Å². The monoisotopic (exact) mass is 330 g/mol. The van der Waals surface area contributed by atoms with E-state index in [2.05, 4.69) is 5.32 Å². The molecule has 1 aromatic rings. The van der Waals surface area contributed by atoms with Crippen LogP contribution in [0.2, 0.25) is 0 Å². The number of amides is 1. The zero-order valence-corrected chi connectivity index (χ0v) is 13.9. The Kier molecular flexibility index (Phi) is 6.93. The van der Waals surface area contributed by atoms with Crippen LogP contribution in [0.5, 0.6) is 11.5 Å². The number of anilines is 1. The van der Waals surface area contributed by atoms with Crippen LogP contribution in [0.15, 0.2) is 12.1 Å². The number of hydrogen-bond acceptors (Lipinski definition) is 5. The van der Waals surface area contributed by atoms with Crippen LogP contribution in [0, 0.1) is 0 Å². The van der Waals surface area contributed by atoms with Crippen LogP contribution >= 0.6 is 12.4 Å². The molecule has 1 aliphatic heterocycles. The van der Waals surface area contributed by atoms with Crippen LogP contribution < -0.4 is 20.5 Å². The second-order valence-electron chi connectivity index (χ2n) is 5.07. The number of rotatable bonds is 6. The number of hydrogen-bond donors (Lipinski definition) is 2. The van der Waals surface area contributed by atoms with Gasteiger partial charge < -0.3 is 25.3 Å². The molecule has 2 rings (SSSR count). The fourth-order valence-corrected chi connectivity index (χ4v) is 2.29. The van der Waals surface area contributed by atoms with E-state index in [4.69, 9.17) is 19.9 Å². The minimum atomic E-state index is -0.724. The van der Waals surface area contributed by atoms with Gasteiger partial charge >= 0.3 is 0 Å². The molecule has 0 radical (unpaired) electrons. The van der Waals surface area contributed by atoms with Gasteiger partial charge in [-0.15, -0.1) is 12.4 Å². The van der Waals surface area contributed by atoms with Crippen molar-refractivity contribution in [3.05, 3.63) is 17.7 Å². The summed E-state index contributed by atoms with van der Waals surface area (Å²) in [6.45, 7) is 4.58.